The molecule has 96 valence electrons. The largest absolute Gasteiger partial charge is 0.492 e. The molecule has 18 heavy (non-hydrogen) atoms. The van der Waals surface area contributed by atoms with E-state index in [4.69, 9.17) is 10.5 Å². The Hall–Kier alpha value is -1.49. The Morgan fingerprint density at radius 2 is 2.00 bits per heavy atom. The molecule has 0 fully saturated rings. The van der Waals surface area contributed by atoms with Crippen LogP contribution in [0, 0.1) is 13.8 Å². The van der Waals surface area contributed by atoms with Crippen molar-refractivity contribution in [3.8, 4) is 5.75 Å². The predicted molar refractivity (Wildman–Crippen MR) is 75.8 cm³/mol. The fourth-order valence-corrected chi connectivity index (χ4v) is 1.98. The second kappa shape index (κ2) is 5.44. The smallest absolute Gasteiger partial charge is 0.145 e. The molecule has 1 aromatic carbocycles. The van der Waals surface area contributed by atoms with E-state index < -0.39 is 0 Å². The standard InChI is InChI=1S/C13H16BrN3O/c1-9-7-11(8-10(2)13(9)14)18-6-5-17-4-3-12(15)16-17/h3-4,7-8H,5-6H2,1-2H3,(H2,15,16). The van der Waals surface area contributed by atoms with Crippen molar-refractivity contribution in [3.63, 3.8) is 0 Å². The lowest BCUT2D eigenvalue weighted by Gasteiger charge is -2.10. The number of ether oxygens (including phenoxy) is 1. The number of hydrogen-bond acceptors (Lipinski definition) is 3. The summed E-state index contributed by atoms with van der Waals surface area (Å²) >= 11 is 3.54. The van der Waals surface area contributed by atoms with E-state index in [2.05, 4.69) is 34.9 Å². The molecule has 2 N–H and O–H groups in total. The zero-order valence-corrected chi connectivity index (χ0v) is 12.1. The van der Waals surface area contributed by atoms with E-state index in [1.54, 1.807) is 10.7 Å². The first-order valence-electron chi connectivity index (χ1n) is 5.75. The van der Waals surface area contributed by atoms with Crippen molar-refractivity contribution in [2.75, 3.05) is 12.3 Å². The molecule has 1 aromatic heterocycles. The summed E-state index contributed by atoms with van der Waals surface area (Å²) in [6, 6.07) is 5.82. The summed E-state index contributed by atoms with van der Waals surface area (Å²) in [6.45, 7) is 5.36. The molecule has 0 aliphatic heterocycles. The number of nitrogens with two attached hydrogens (primary N) is 1. The third-order valence-corrected chi connectivity index (χ3v) is 3.91. The summed E-state index contributed by atoms with van der Waals surface area (Å²) in [5.41, 5.74) is 7.89. The number of benzene rings is 1. The lowest BCUT2D eigenvalue weighted by molar-refractivity contribution is 0.291. The van der Waals surface area contributed by atoms with Gasteiger partial charge in [-0.3, -0.25) is 4.68 Å². The van der Waals surface area contributed by atoms with Crippen LogP contribution in [0.5, 0.6) is 5.75 Å². The first-order chi connectivity index (χ1) is 8.56. The summed E-state index contributed by atoms with van der Waals surface area (Å²) in [4.78, 5) is 0. The summed E-state index contributed by atoms with van der Waals surface area (Å²) < 4.78 is 8.62. The van der Waals surface area contributed by atoms with Gasteiger partial charge in [-0.1, -0.05) is 15.9 Å². The second-order valence-electron chi connectivity index (χ2n) is 4.22. The van der Waals surface area contributed by atoms with Crippen molar-refractivity contribution < 1.29 is 4.74 Å². The Morgan fingerprint density at radius 3 is 2.56 bits per heavy atom. The highest BCUT2D eigenvalue weighted by atomic mass is 79.9. The number of nitrogen functional groups attached to an aromatic ring is 1. The topological polar surface area (TPSA) is 53.1 Å². The molecule has 2 aromatic rings. The van der Waals surface area contributed by atoms with Gasteiger partial charge < -0.3 is 10.5 Å². The molecule has 0 amide bonds. The molecule has 2 rings (SSSR count). The number of rotatable bonds is 4. The van der Waals surface area contributed by atoms with Gasteiger partial charge in [-0.15, -0.1) is 0 Å². The second-order valence-corrected chi connectivity index (χ2v) is 5.02. The molecule has 0 aliphatic rings. The predicted octanol–water partition coefficient (Wildman–Crippen LogP) is 2.92. The van der Waals surface area contributed by atoms with Crippen LogP contribution >= 0.6 is 15.9 Å². The molecular weight excluding hydrogens is 294 g/mol. The van der Waals surface area contributed by atoms with Gasteiger partial charge in [0.25, 0.3) is 0 Å². The van der Waals surface area contributed by atoms with Crippen LogP contribution in [0.15, 0.2) is 28.9 Å². The molecule has 0 bridgehead atoms. The van der Waals surface area contributed by atoms with E-state index >= 15 is 0 Å². The summed E-state index contributed by atoms with van der Waals surface area (Å²) in [7, 11) is 0. The van der Waals surface area contributed by atoms with Gasteiger partial charge in [0.2, 0.25) is 0 Å². The van der Waals surface area contributed by atoms with Gasteiger partial charge in [0, 0.05) is 10.7 Å². The van der Waals surface area contributed by atoms with Crippen molar-refractivity contribution in [3.05, 3.63) is 40.0 Å². The van der Waals surface area contributed by atoms with Crippen LogP contribution in [0.4, 0.5) is 5.82 Å². The molecule has 1 heterocycles. The monoisotopic (exact) mass is 309 g/mol. The van der Waals surface area contributed by atoms with Gasteiger partial charge in [-0.05, 0) is 43.2 Å². The van der Waals surface area contributed by atoms with Gasteiger partial charge in [0.15, 0.2) is 0 Å². The van der Waals surface area contributed by atoms with Crippen LogP contribution in [0.2, 0.25) is 0 Å². The zero-order valence-electron chi connectivity index (χ0n) is 10.5. The minimum absolute atomic E-state index is 0.533. The van der Waals surface area contributed by atoms with E-state index in [-0.39, 0.29) is 0 Å². The number of aryl methyl sites for hydroxylation is 2. The SMILES string of the molecule is Cc1cc(OCCn2ccc(N)n2)cc(C)c1Br. The van der Waals surface area contributed by atoms with Gasteiger partial charge in [0.05, 0.1) is 6.54 Å². The minimum Gasteiger partial charge on any atom is -0.492 e. The highest BCUT2D eigenvalue weighted by Crippen LogP contribution is 2.26. The number of hydrogen-bond donors (Lipinski definition) is 1. The third-order valence-electron chi connectivity index (χ3n) is 2.66. The Morgan fingerprint density at radius 1 is 1.33 bits per heavy atom. The van der Waals surface area contributed by atoms with Crippen molar-refractivity contribution in [1.82, 2.24) is 9.78 Å². The Bertz CT molecular complexity index is 528. The van der Waals surface area contributed by atoms with Crippen molar-refractivity contribution in [1.29, 1.82) is 0 Å². The van der Waals surface area contributed by atoms with Gasteiger partial charge in [-0.25, -0.2) is 0 Å². The van der Waals surface area contributed by atoms with E-state index in [1.807, 2.05) is 18.3 Å². The van der Waals surface area contributed by atoms with Crippen LogP contribution in [-0.2, 0) is 6.54 Å². The molecule has 0 saturated heterocycles. The molecule has 0 atom stereocenters. The number of anilines is 1. The molecule has 0 radical (unpaired) electrons. The Balaban J connectivity index is 1.94. The molecule has 0 saturated carbocycles. The lowest BCUT2D eigenvalue weighted by Crippen LogP contribution is -2.09. The van der Waals surface area contributed by atoms with Crippen LogP contribution < -0.4 is 10.5 Å². The van der Waals surface area contributed by atoms with Crippen LogP contribution in [0.1, 0.15) is 11.1 Å². The van der Waals surface area contributed by atoms with Gasteiger partial charge in [-0.2, -0.15) is 5.10 Å². The maximum atomic E-state index is 5.71. The van der Waals surface area contributed by atoms with Crippen molar-refractivity contribution >= 4 is 21.7 Å². The van der Waals surface area contributed by atoms with Crippen molar-refractivity contribution in [2.24, 2.45) is 0 Å². The first kappa shape index (κ1) is 13.0. The summed E-state index contributed by atoms with van der Waals surface area (Å²) in [5, 5.41) is 4.10. The fourth-order valence-electron chi connectivity index (χ4n) is 1.75. The molecule has 0 spiro atoms. The molecule has 0 aliphatic carbocycles. The van der Waals surface area contributed by atoms with Crippen LogP contribution in [0.25, 0.3) is 0 Å². The molecular formula is C13H16BrN3O. The zero-order chi connectivity index (χ0) is 13.1. The van der Waals surface area contributed by atoms with Gasteiger partial charge in [0.1, 0.15) is 18.2 Å². The molecule has 0 unspecified atom stereocenters. The van der Waals surface area contributed by atoms with Crippen molar-refractivity contribution in [2.45, 2.75) is 20.4 Å². The summed E-state index contributed by atoms with van der Waals surface area (Å²) in [6.07, 6.45) is 1.84. The number of aromatic nitrogens is 2. The van der Waals surface area contributed by atoms with Crippen LogP contribution in [-0.4, -0.2) is 16.4 Å². The van der Waals surface area contributed by atoms with E-state index in [0.29, 0.717) is 19.0 Å². The molecule has 5 heteroatoms. The maximum Gasteiger partial charge on any atom is 0.145 e. The molecule has 4 nitrogen and oxygen atoms in total. The Kier molecular flexibility index (Phi) is 3.91. The maximum absolute atomic E-state index is 5.71. The number of halogens is 1. The van der Waals surface area contributed by atoms with E-state index in [0.717, 1.165) is 10.2 Å². The van der Waals surface area contributed by atoms with E-state index in [9.17, 15) is 0 Å². The lowest BCUT2D eigenvalue weighted by atomic mass is 10.1. The Labute approximate surface area is 115 Å². The minimum atomic E-state index is 0.533. The highest BCUT2D eigenvalue weighted by Gasteiger charge is 2.03. The van der Waals surface area contributed by atoms with E-state index in [1.165, 1.54) is 11.1 Å². The summed E-state index contributed by atoms with van der Waals surface area (Å²) in [5.74, 6) is 1.42. The average Bonchev–Trinajstić information content (AvgIpc) is 2.72. The van der Waals surface area contributed by atoms with Gasteiger partial charge >= 0.3 is 0 Å². The quantitative estimate of drug-likeness (QED) is 0.944. The first-order valence-corrected chi connectivity index (χ1v) is 6.54. The van der Waals surface area contributed by atoms with Crippen LogP contribution in [0.3, 0.4) is 0 Å². The highest BCUT2D eigenvalue weighted by molar-refractivity contribution is 9.10. The third kappa shape index (κ3) is 3.04. The number of nitrogens with zero attached hydrogens (tertiary/aromatic N) is 2. The normalized spacial score (nSPS) is 10.6. The fraction of sp³-hybridized carbons (Fsp3) is 0.308. The average molecular weight is 310 g/mol.